The summed E-state index contributed by atoms with van der Waals surface area (Å²) in [6.07, 6.45) is 8.00. The first kappa shape index (κ1) is 27.0. The Balaban J connectivity index is 1.52. The van der Waals surface area contributed by atoms with Gasteiger partial charge in [0.25, 0.3) is 5.91 Å². The maximum atomic E-state index is 13.7. The fraction of sp³-hybridized carbons (Fsp3) is 0.167. The third-order valence-electron chi connectivity index (χ3n) is 6.40. The summed E-state index contributed by atoms with van der Waals surface area (Å²) in [4.78, 5) is 48.8. The largest absolute Gasteiger partial charge is 0.397 e. The Morgan fingerprint density at radius 3 is 1.82 bits per heavy atom. The molecule has 4 rings (SSSR count). The third kappa shape index (κ3) is 7.26. The van der Waals surface area contributed by atoms with Crippen molar-refractivity contribution in [3.63, 3.8) is 0 Å². The van der Waals surface area contributed by atoms with Crippen molar-refractivity contribution in [2.75, 3.05) is 24.1 Å². The molecule has 0 saturated heterocycles. The zero-order valence-corrected chi connectivity index (χ0v) is 21.4. The summed E-state index contributed by atoms with van der Waals surface area (Å²) in [7, 11) is 0. The molecule has 2 heterocycles. The van der Waals surface area contributed by atoms with Gasteiger partial charge in [0.1, 0.15) is 5.92 Å². The Morgan fingerprint density at radius 2 is 1.31 bits per heavy atom. The maximum absolute atomic E-state index is 13.7. The van der Waals surface area contributed by atoms with E-state index in [1.54, 1.807) is 78.2 Å². The molecule has 39 heavy (non-hydrogen) atoms. The van der Waals surface area contributed by atoms with Gasteiger partial charge in [0, 0.05) is 43.4 Å². The lowest BCUT2D eigenvalue weighted by molar-refractivity contribution is -0.137. The number of rotatable bonds is 11. The second-order valence-electron chi connectivity index (χ2n) is 9.03. The van der Waals surface area contributed by atoms with E-state index in [0.717, 1.165) is 11.1 Å². The van der Waals surface area contributed by atoms with Crippen LogP contribution in [-0.2, 0) is 22.4 Å². The number of pyridine rings is 2. The Labute approximate surface area is 226 Å². The van der Waals surface area contributed by atoms with Crippen LogP contribution in [0.3, 0.4) is 0 Å². The minimum absolute atomic E-state index is 0.352. The molecule has 0 radical (unpaired) electrons. The highest BCUT2D eigenvalue weighted by Crippen LogP contribution is 2.22. The van der Waals surface area contributed by atoms with E-state index >= 15 is 0 Å². The van der Waals surface area contributed by atoms with Gasteiger partial charge in [-0.1, -0.05) is 24.3 Å². The van der Waals surface area contributed by atoms with Gasteiger partial charge in [0.2, 0.25) is 11.8 Å². The standard InChI is InChI=1S/C30H30N6O3/c31-25-3-1-2-4-26(25)35-29(38)24-7-5-23(6-8-24)27(28(32)37)30(39)36(19-13-21-9-15-33-16-10-21)20-14-22-11-17-34-18-12-22/h1-12,15-18,27H,13-14,19-20,31H2,(H2,32,37)(H,35,38). The number of carbonyl (C=O) groups is 3. The number of primary amides is 1. The highest BCUT2D eigenvalue weighted by molar-refractivity contribution is 6.07. The van der Waals surface area contributed by atoms with Gasteiger partial charge in [-0.25, -0.2) is 0 Å². The number of benzene rings is 2. The molecule has 198 valence electrons. The quantitative estimate of drug-likeness (QED) is 0.204. The fourth-order valence-electron chi connectivity index (χ4n) is 4.20. The van der Waals surface area contributed by atoms with Crippen LogP contribution >= 0.6 is 0 Å². The van der Waals surface area contributed by atoms with Gasteiger partial charge in [-0.3, -0.25) is 24.4 Å². The van der Waals surface area contributed by atoms with Crippen LogP contribution in [0, 0.1) is 0 Å². The SMILES string of the molecule is NC(=O)C(C(=O)N(CCc1ccncc1)CCc1ccncc1)c1ccc(C(=O)Nc2ccccc2N)cc1. The molecule has 0 spiro atoms. The number of aromatic nitrogens is 2. The Bertz CT molecular complexity index is 1370. The zero-order chi connectivity index (χ0) is 27.6. The maximum Gasteiger partial charge on any atom is 0.255 e. The van der Waals surface area contributed by atoms with Gasteiger partial charge in [0.15, 0.2) is 0 Å². The van der Waals surface area contributed by atoms with Crippen molar-refractivity contribution >= 4 is 29.1 Å². The molecular formula is C30H30N6O3. The minimum atomic E-state index is -1.19. The van der Waals surface area contributed by atoms with Crippen LogP contribution in [0.15, 0.2) is 97.6 Å². The van der Waals surface area contributed by atoms with E-state index in [1.807, 2.05) is 24.3 Å². The van der Waals surface area contributed by atoms with Gasteiger partial charge in [-0.2, -0.15) is 0 Å². The predicted octanol–water partition coefficient (Wildman–Crippen LogP) is 3.19. The Hall–Kier alpha value is -5.05. The molecule has 0 aliphatic rings. The summed E-state index contributed by atoms with van der Waals surface area (Å²) >= 11 is 0. The molecule has 4 aromatic rings. The summed E-state index contributed by atoms with van der Waals surface area (Å²) < 4.78 is 0. The van der Waals surface area contributed by atoms with E-state index in [9.17, 15) is 14.4 Å². The first-order valence-electron chi connectivity index (χ1n) is 12.5. The molecule has 0 bridgehead atoms. The van der Waals surface area contributed by atoms with E-state index < -0.39 is 11.8 Å². The highest BCUT2D eigenvalue weighted by Gasteiger charge is 2.30. The number of nitrogens with one attached hydrogen (secondary N) is 1. The number of nitrogen functional groups attached to an aromatic ring is 1. The number of carbonyl (C=O) groups excluding carboxylic acids is 3. The van der Waals surface area contributed by atoms with Crippen molar-refractivity contribution in [2.45, 2.75) is 18.8 Å². The average Bonchev–Trinajstić information content (AvgIpc) is 2.95. The normalized spacial score (nSPS) is 11.4. The van der Waals surface area contributed by atoms with E-state index in [-0.39, 0.29) is 11.8 Å². The van der Waals surface area contributed by atoms with Crippen molar-refractivity contribution in [1.82, 2.24) is 14.9 Å². The molecule has 0 saturated carbocycles. The molecule has 2 aromatic heterocycles. The smallest absolute Gasteiger partial charge is 0.255 e. The second kappa shape index (κ2) is 13.0. The predicted molar refractivity (Wildman–Crippen MR) is 150 cm³/mol. The molecule has 0 fully saturated rings. The first-order chi connectivity index (χ1) is 18.9. The minimum Gasteiger partial charge on any atom is -0.397 e. The molecule has 9 nitrogen and oxygen atoms in total. The summed E-state index contributed by atoms with van der Waals surface area (Å²) in [5, 5.41) is 2.76. The molecule has 0 aliphatic carbocycles. The summed E-state index contributed by atoms with van der Waals surface area (Å²) in [5.74, 6) is -2.70. The lowest BCUT2D eigenvalue weighted by Gasteiger charge is -2.27. The highest BCUT2D eigenvalue weighted by atomic mass is 16.2. The Morgan fingerprint density at radius 1 is 0.769 bits per heavy atom. The number of anilines is 2. The van der Waals surface area contributed by atoms with E-state index in [1.165, 1.54) is 0 Å². The summed E-state index contributed by atoms with van der Waals surface area (Å²) in [5.41, 5.74) is 15.4. The van der Waals surface area contributed by atoms with Crippen molar-refractivity contribution in [1.29, 1.82) is 0 Å². The van der Waals surface area contributed by atoms with E-state index in [2.05, 4.69) is 15.3 Å². The van der Waals surface area contributed by atoms with Crippen LogP contribution < -0.4 is 16.8 Å². The van der Waals surface area contributed by atoms with E-state index in [4.69, 9.17) is 11.5 Å². The van der Waals surface area contributed by atoms with Crippen LogP contribution in [0.5, 0.6) is 0 Å². The monoisotopic (exact) mass is 522 g/mol. The molecule has 1 unspecified atom stereocenters. The molecule has 2 aromatic carbocycles. The van der Waals surface area contributed by atoms with Crippen LogP contribution in [0.2, 0.25) is 0 Å². The molecule has 9 heteroatoms. The first-order valence-corrected chi connectivity index (χ1v) is 12.5. The van der Waals surface area contributed by atoms with Crippen molar-refractivity contribution in [3.05, 3.63) is 120 Å². The van der Waals surface area contributed by atoms with Crippen molar-refractivity contribution in [3.8, 4) is 0 Å². The number of hydrogen-bond acceptors (Lipinski definition) is 6. The van der Waals surface area contributed by atoms with Gasteiger partial charge < -0.3 is 21.7 Å². The molecule has 1 atom stereocenters. The zero-order valence-electron chi connectivity index (χ0n) is 21.4. The lowest BCUT2D eigenvalue weighted by atomic mass is 9.95. The van der Waals surface area contributed by atoms with Crippen LogP contribution in [0.25, 0.3) is 0 Å². The van der Waals surface area contributed by atoms with Crippen LogP contribution in [0.1, 0.15) is 33.0 Å². The van der Waals surface area contributed by atoms with Crippen LogP contribution in [0.4, 0.5) is 11.4 Å². The molecule has 0 aliphatic heterocycles. The summed E-state index contributed by atoms with van der Waals surface area (Å²) in [6.45, 7) is 0.799. The number of nitrogens with two attached hydrogens (primary N) is 2. The second-order valence-corrected chi connectivity index (χ2v) is 9.03. The summed E-state index contributed by atoms with van der Waals surface area (Å²) in [6, 6.07) is 20.8. The fourth-order valence-corrected chi connectivity index (χ4v) is 4.20. The number of amides is 3. The average molecular weight is 523 g/mol. The van der Waals surface area contributed by atoms with Crippen molar-refractivity contribution in [2.24, 2.45) is 5.73 Å². The number of hydrogen-bond donors (Lipinski definition) is 3. The van der Waals surface area contributed by atoms with Gasteiger partial charge in [0.05, 0.1) is 11.4 Å². The van der Waals surface area contributed by atoms with Gasteiger partial charge in [-0.05, 0) is 78.1 Å². The van der Waals surface area contributed by atoms with Gasteiger partial charge in [-0.15, -0.1) is 0 Å². The van der Waals surface area contributed by atoms with E-state index in [0.29, 0.717) is 48.4 Å². The molecule has 5 N–H and O–H groups in total. The lowest BCUT2D eigenvalue weighted by Crippen LogP contribution is -2.42. The Kier molecular flexibility index (Phi) is 8.97. The number of para-hydroxylation sites is 2. The van der Waals surface area contributed by atoms with Gasteiger partial charge >= 0.3 is 0 Å². The third-order valence-corrected chi connectivity index (χ3v) is 6.40. The van der Waals surface area contributed by atoms with Crippen LogP contribution in [-0.4, -0.2) is 45.7 Å². The topological polar surface area (TPSA) is 144 Å². The molecule has 3 amide bonds. The van der Waals surface area contributed by atoms with Crippen molar-refractivity contribution < 1.29 is 14.4 Å². The number of nitrogens with zero attached hydrogens (tertiary/aromatic N) is 3. The molecular weight excluding hydrogens is 492 g/mol.